The summed E-state index contributed by atoms with van der Waals surface area (Å²) in [6.45, 7) is 1.70. The Labute approximate surface area is 127 Å². The molecule has 0 radical (unpaired) electrons. The van der Waals surface area contributed by atoms with Crippen molar-refractivity contribution in [3.8, 4) is 11.5 Å². The average Bonchev–Trinajstić information content (AvgIpc) is 2.51. The van der Waals surface area contributed by atoms with Gasteiger partial charge in [0.1, 0.15) is 5.75 Å². The van der Waals surface area contributed by atoms with Crippen LogP contribution in [-0.2, 0) is 6.61 Å². The predicted molar refractivity (Wildman–Crippen MR) is 78.9 cm³/mol. The highest BCUT2D eigenvalue weighted by atomic mass is 35.5. The van der Waals surface area contributed by atoms with E-state index < -0.39 is 11.9 Å². The lowest BCUT2D eigenvalue weighted by atomic mass is 10.0. The first kappa shape index (κ1) is 15.7. The monoisotopic (exact) mass is 310 g/mol. The van der Waals surface area contributed by atoms with E-state index in [-0.39, 0.29) is 17.4 Å². The molecule has 1 aromatic heterocycles. The predicted octanol–water partition coefficient (Wildman–Crippen LogP) is 3.57. The van der Waals surface area contributed by atoms with Gasteiger partial charge in [-0.05, 0) is 24.6 Å². The van der Waals surface area contributed by atoms with Crippen LogP contribution < -0.4 is 10.5 Å². The van der Waals surface area contributed by atoms with Crippen molar-refractivity contribution < 1.29 is 14.2 Å². The molecule has 6 heteroatoms. The highest BCUT2D eigenvalue weighted by Gasteiger charge is 2.18. The van der Waals surface area contributed by atoms with Crippen LogP contribution >= 0.6 is 11.6 Å². The van der Waals surface area contributed by atoms with Crippen molar-refractivity contribution in [3.05, 3.63) is 52.6 Å². The second-order valence-corrected chi connectivity index (χ2v) is 4.95. The third-order valence-corrected chi connectivity index (χ3v) is 3.40. The fourth-order valence-electron chi connectivity index (χ4n) is 1.83. The lowest BCUT2D eigenvalue weighted by Crippen LogP contribution is -2.11. The van der Waals surface area contributed by atoms with Crippen molar-refractivity contribution in [2.75, 3.05) is 0 Å². The van der Waals surface area contributed by atoms with Crippen LogP contribution in [0.5, 0.6) is 11.5 Å². The molecule has 112 valence electrons. The third-order valence-electron chi connectivity index (χ3n) is 3.10. The highest BCUT2D eigenvalue weighted by molar-refractivity contribution is 6.32. The molecule has 0 aliphatic heterocycles. The molecule has 3 N–H and O–H groups in total. The molecule has 0 saturated heterocycles. The minimum Gasteiger partial charge on any atom is -0.451 e. The van der Waals surface area contributed by atoms with E-state index in [9.17, 15) is 4.39 Å². The van der Waals surface area contributed by atoms with Crippen molar-refractivity contribution in [1.29, 1.82) is 0 Å². The van der Waals surface area contributed by atoms with Crippen LogP contribution in [0.2, 0.25) is 5.02 Å². The fourth-order valence-corrected chi connectivity index (χ4v) is 2.01. The Kier molecular flexibility index (Phi) is 5.12. The molecule has 1 aromatic carbocycles. The van der Waals surface area contributed by atoms with Crippen molar-refractivity contribution in [2.24, 2.45) is 5.73 Å². The Morgan fingerprint density at radius 3 is 2.71 bits per heavy atom. The van der Waals surface area contributed by atoms with E-state index in [2.05, 4.69) is 4.98 Å². The second kappa shape index (κ2) is 6.85. The molecule has 0 unspecified atom stereocenters. The largest absolute Gasteiger partial charge is 0.451 e. The van der Waals surface area contributed by atoms with Crippen LogP contribution in [-0.4, -0.2) is 10.1 Å². The third kappa shape index (κ3) is 3.50. The molecule has 0 aliphatic carbocycles. The van der Waals surface area contributed by atoms with Gasteiger partial charge in [-0.3, -0.25) is 4.98 Å². The molecule has 0 spiro atoms. The topological polar surface area (TPSA) is 68.4 Å². The summed E-state index contributed by atoms with van der Waals surface area (Å²) in [5.74, 6) is -0.310. The van der Waals surface area contributed by atoms with Gasteiger partial charge in [-0.1, -0.05) is 24.6 Å². The molecular formula is C15H16ClFN2O2. The zero-order chi connectivity index (χ0) is 15.4. The lowest BCUT2D eigenvalue weighted by molar-refractivity contribution is 0.276. The molecule has 2 rings (SSSR count). The Balaban J connectivity index is 2.33. The van der Waals surface area contributed by atoms with Gasteiger partial charge in [0.15, 0.2) is 11.6 Å². The quantitative estimate of drug-likeness (QED) is 0.886. The van der Waals surface area contributed by atoms with Crippen molar-refractivity contribution in [3.63, 3.8) is 0 Å². The van der Waals surface area contributed by atoms with Gasteiger partial charge in [-0.2, -0.15) is 0 Å². The molecule has 0 aliphatic rings. The lowest BCUT2D eigenvalue weighted by Gasteiger charge is -2.15. The van der Waals surface area contributed by atoms with E-state index in [0.29, 0.717) is 23.4 Å². The highest BCUT2D eigenvalue weighted by Crippen LogP contribution is 2.35. The van der Waals surface area contributed by atoms with E-state index in [4.69, 9.17) is 27.2 Å². The summed E-state index contributed by atoms with van der Waals surface area (Å²) >= 11 is 5.99. The number of aliphatic hydroxyl groups is 1. The molecule has 0 fully saturated rings. The molecule has 2 aromatic rings. The minimum absolute atomic E-state index is 0.0726. The van der Waals surface area contributed by atoms with E-state index in [1.807, 2.05) is 6.92 Å². The van der Waals surface area contributed by atoms with Crippen LogP contribution in [0.25, 0.3) is 0 Å². The number of pyridine rings is 1. The van der Waals surface area contributed by atoms with Crippen LogP contribution in [0, 0.1) is 5.82 Å². The van der Waals surface area contributed by atoms with E-state index >= 15 is 0 Å². The minimum atomic E-state index is -0.567. The van der Waals surface area contributed by atoms with Gasteiger partial charge in [0.2, 0.25) is 0 Å². The van der Waals surface area contributed by atoms with Gasteiger partial charge >= 0.3 is 0 Å². The summed E-state index contributed by atoms with van der Waals surface area (Å²) < 4.78 is 19.9. The number of rotatable bonds is 5. The van der Waals surface area contributed by atoms with Gasteiger partial charge in [-0.15, -0.1) is 0 Å². The fraction of sp³-hybridized carbons (Fsp3) is 0.267. The summed E-state index contributed by atoms with van der Waals surface area (Å²) in [7, 11) is 0. The van der Waals surface area contributed by atoms with Gasteiger partial charge < -0.3 is 15.6 Å². The first-order valence-electron chi connectivity index (χ1n) is 6.54. The molecule has 4 nitrogen and oxygen atoms in total. The summed E-state index contributed by atoms with van der Waals surface area (Å²) in [6, 6.07) is 5.87. The van der Waals surface area contributed by atoms with Gasteiger partial charge in [-0.25, -0.2) is 4.39 Å². The van der Waals surface area contributed by atoms with E-state index in [1.165, 1.54) is 6.20 Å². The summed E-state index contributed by atoms with van der Waals surface area (Å²) in [6.07, 6.45) is 2.00. The smallest absolute Gasteiger partial charge is 0.182 e. The molecule has 0 bridgehead atoms. The van der Waals surface area contributed by atoms with Gasteiger partial charge in [0, 0.05) is 11.6 Å². The Hall–Kier alpha value is -1.69. The van der Waals surface area contributed by atoms with Crippen molar-refractivity contribution >= 4 is 11.6 Å². The maximum absolute atomic E-state index is 14.5. The summed E-state index contributed by atoms with van der Waals surface area (Å²) in [5, 5.41) is 9.09. The van der Waals surface area contributed by atoms with Gasteiger partial charge in [0.05, 0.1) is 23.5 Å². The average molecular weight is 311 g/mol. The number of nitrogens with zero attached hydrogens (tertiary/aromatic N) is 1. The molecule has 1 heterocycles. The van der Waals surface area contributed by atoms with Gasteiger partial charge in [0.25, 0.3) is 0 Å². The molecule has 0 amide bonds. The number of hydrogen-bond donors (Lipinski definition) is 2. The molecule has 21 heavy (non-hydrogen) atoms. The maximum atomic E-state index is 14.5. The Morgan fingerprint density at radius 2 is 2.14 bits per heavy atom. The summed E-state index contributed by atoms with van der Waals surface area (Å²) in [5.41, 5.74) is 6.72. The Morgan fingerprint density at radius 1 is 1.38 bits per heavy atom. The first-order chi connectivity index (χ1) is 10.1. The number of hydrogen-bond acceptors (Lipinski definition) is 4. The maximum Gasteiger partial charge on any atom is 0.182 e. The van der Waals surface area contributed by atoms with Crippen LogP contribution in [0.15, 0.2) is 30.5 Å². The zero-order valence-corrected chi connectivity index (χ0v) is 12.3. The zero-order valence-electron chi connectivity index (χ0n) is 11.5. The van der Waals surface area contributed by atoms with Crippen LogP contribution in [0.1, 0.15) is 30.6 Å². The van der Waals surface area contributed by atoms with Crippen molar-refractivity contribution in [1.82, 2.24) is 4.98 Å². The van der Waals surface area contributed by atoms with E-state index in [0.717, 1.165) is 0 Å². The van der Waals surface area contributed by atoms with Crippen LogP contribution in [0.4, 0.5) is 4.39 Å². The van der Waals surface area contributed by atoms with Crippen LogP contribution in [0.3, 0.4) is 0 Å². The molecular weight excluding hydrogens is 295 g/mol. The Bertz CT molecular complexity index is 620. The normalized spacial score (nSPS) is 12.2. The first-order valence-corrected chi connectivity index (χ1v) is 6.91. The SMILES string of the molecule is CC[C@@H](N)c1ccc(Cl)c(Oc2ccc(CO)nc2)c1F. The summed E-state index contributed by atoms with van der Waals surface area (Å²) in [4.78, 5) is 3.96. The number of aromatic nitrogens is 1. The van der Waals surface area contributed by atoms with Crippen molar-refractivity contribution in [2.45, 2.75) is 26.0 Å². The number of nitrogens with two attached hydrogens (primary N) is 1. The van der Waals surface area contributed by atoms with E-state index in [1.54, 1.807) is 24.3 Å². The number of aliphatic hydroxyl groups excluding tert-OH is 1. The standard InChI is InChI=1S/C15H16ClFN2O2/c1-2-13(18)11-5-6-12(16)15(14(11)17)21-10-4-3-9(8-20)19-7-10/h3-7,13,20H,2,8,18H2,1H3/t13-/m1/s1. The second-order valence-electron chi connectivity index (χ2n) is 4.54. The number of ether oxygens (including phenoxy) is 1. The number of benzene rings is 1. The molecule has 1 atom stereocenters. The molecule has 0 saturated carbocycles. The number of halogens is 2.